The van der Waals surface area contributed by atoms with Gasteiger partial charge in [0.25, 0.3) is 0 Å². The Bertz CT molecular complexity index is 409. The molecule has 94 valence electrons. The number of rotatable bonds is 2. The molecule has 1 aromatic carbocycles. The quantitative estimate of drug-likeness (QED) is 0.903. The van der Waals surface area contributed by atoms with Gasteiger partial charge in [-0.1, -0.05) is 6.92 Å². The first-order valence-corrected chi connectivity index (χ1v) is 6.85. The lowest BCUT2D eigenvalue weighted by Crippen LogP contribution is -2.51. The van der Waals surface area contributed by atoms with E-state index in [1.54, 1.807) is 6.07 Å². The van der Waals surface area contributed by atoms with E-state index in [-0.39, 0.29) is 5.82 Å². The molecular weight excluding hydrogens is 283 g/mol. The third-order valence-electron chi connectivity index (χ3n) is 3.37. The largest absolute Gasteiger partial charge is 0.366 e. The first kappa shape index (κ1) is 12.8. The molecule has 0 saturated carbocycles. The Morgan fingerprint density at radius 1 is 1.53 bits per heavy atom. The second kappa shape index (κ2) is 5.36. The maximum Gasteiger partial charge on any atom is 0.139 e. The van der Waals surface area contributed by atoms with Gasteiger partial charge < -0.3 is 10.2 Å². The maximum absolute atomic E-state index is 13.7. The van der Waals surface area contributed by atoms with Crippen molar-refractivity contribution in [1.29, 1.82) is 0 Å². The van der Waals surface area contributed by atoms with E-state index in [9.17, 15) is 4.39 Å². The summed E-state index contributed by atoms with van der Waals surface area (Å²) in [7, 11) is 0. The van der Waals surface area contributed by atoms with Crippen LogP contribution < -0.4 is 10.2 Å². The van der Waals surface area contributed by atoms with E-state index < -0.39 is 0 Å². The van der Waals surface area contributed by atoms with Crippen molar-refractivity contribution in [2.45, 2.75) is 26.3 Å². The zero-order chi connectivity index (χ0) is 12.4. The van der Waals surface area contributed by atoms with E-state index in [2.05, 4.69) is 33.1 Å². The van der Waals surface area contributed by atoms with Gasteiger partial charge in [-0.2, -0.15) is 0 Å². The molecule has 1 aliphatic heterocycles. The Kier molecular flexibility index (Phi) is 4.05. The standard InChI is InChI=1S/C13H18BrFN2/c1-3-10-8-16-4-5-17(10)13-7-12(15)11(14)6-9(13)2/h6-7,10,16H,3-5,8H2,1-2H3. The lowest BCUT2D eigenvalue weighted by atomic mass is 10.1. The van der Waals surface area contributed by atoms with Gasteiger partial charge in [-0.05, 0) is 47.0 Å². The highest BCUT2D eigenvalue weighted by Crippen LogP contribution is 2.29. The molecule has 0 aliphatic carbocycles. The summed E-state index contributed by atoms with van der Waals surface area (Å²) in [4.78, 5) is 2.32. The minimum Gasteiger partial charge on any atom is -0.366 e. The molecular formula is C13H18BrFN2. The van der Waals surface area contributed by atoms with Crippen LogP contribution in [-0.2, 0) is 0 Å². The molecule has 1 atom stereocenters. The first-order chi connectivity index (χ1) is 8.13. The molecule has 1 fully saturated rings. The molecule has 1 heterocycles. The van der Waals surface area contributed by atoms with E-state index in [4.69, 9.17) is 0 Å². The molecule has 1 aliphatic rings. The van der Waals surface area contributed by atoms with Crippen molar-refractivity contribution in [3.8, 4) is 0 Å². The molecule has 0 spiro atoms. The second-order valence-corrected chi connectivity index (χ2v) is 5.37. The molecule has 0 amide bonds. The van der Waals surface area contributed by atoms with Gasteiger partial charge in [0.1, 0.15) is 5.82 Å². The number of nitrogens with one attached hydrogen (secondary N) is 1. The number of hydrogen-bond donors (Lipinski definition) is 1. The van der Waals surface area contributed by atoms with Gasteiger partial charge in [0, 0.05) is 31.4 Å². The summed E-state index contributed by atoms with van der Waals surface area (Å²) in [6.07, 6.45) is 1.07. The number of nitrogens with zero attached hydrogens (tertiary/aromatic N) is 1. The SMILES string of the molecule is CCC1CNCCN1c1cc(F)c(Br)cc1C. The Balaban J connectivity index is 2.34. The van der Waals surface area contributed by atoms with Gasteiger partial charge in [0.05, 0.1) is 4.47 Å². The topological polar surface area (TPSA) is 15.3 Å². The highest BCUT2D eigenvalue weighted by molar-refractivity contribution is 9.10. The molecule has 17 heavy (non-hydrogen) atoms. The Morgan fingerprint density at radius 2 is 2.29 bits per heavy atom. The Morgan fingerprint density at radius 3 is 3.00 bits per heavy atom. The van der Waals surface area contributed by atoms with Crippen LogP contribution in [0.1, 0.15) is 18.9 Å². The minimum atomic E-state index is -0.181. The first-order valence-electron chi connectivity index (χ1n) is 6.06. The number of piperazine rings is 1. The molecule has 1 N–H and O–H groups in total. The van der Waals surface area contributed by atoms with Gasteiger partial charge in [0.15, 0.2) is 0 Å². The predicted molar refractivity (Wildman–Crippen MR) is 73.1 cm³/mol. The summed E-state index contributed by atoms with van der Waals surface area (Å²) in [6, 6.07) is 3.97. The average molecular weight is 301 g/mol. The number of anilines is 1. The number of benzene rings is 1. The Hall–Kier alpha value is -0.610. The third kappa shape index (κ3) is 2.63. The van der Waals surface area contributed by atoms with Crippen LogP contribution in [0.4, 0.5) is 10.1 Å². The molecule has 2 nitrogen and oxygen atoms in total. The second-order valence-electron chi connectivity index (χ2n) is 4.51. The number of hydrogen-bond acceptors (Lipinski definition) is 2. The summed E-state index contributed by atoms with van der Waals surface area (Å²) in [5, 5.41) is 3.39. The van der Waals surface area contributed by atoms with Gasteiger partial charge in [-0.25, -0.2) is 4.39 Å². The lowest BCUT2D eigenvalue weighted by Gasteiger charge is -2.38. The van der Waals surface area contributed by atoms with Gasteiger partial charge in [-0.3, -0.25) is 0 Å². The zero-order valence-corrected chi connectivity index (χ0v) is 11.8. The van der Waals surface area contributed by atoms with Crippen LogP contribution in [-0.4, -0.2) is 25.7 Å². The van der Waals surface area contributed by atoms with Crippen LogP contribution in [0.25, 0.3) is 0 Å². The average Bonchev–Trinajstić information content (AvgIpc) is 2.34. The number of aryl methyl sites for hydroxylation is 1. The van der Waals surface area contributed by atoms with Crippen molar-refractivity contribution in [1.82, 2.24) is 5.32 Å². The summed E-state index contributed by atoms with van der Waals surface area (Å²) in [6.45, 7) is 7.10. The van der Waals surface area contributed by atoms with Crippen LogP contribution in [0.3, 0.4) is 0 Å². The van der Waals surface area contributed by atoms with Crippen molar-refractivity contribution in [3.63, 3.8) is 0 Å². The van der Waals surface area contributed by atoms with Gasteiger partial charge in [-0.15, -0.1) is 0 Å². The minimum absolute atomic E-state index is 0.181. The summed E-state index contributed by atoms with van der Waals surface area (Å²) in [5.74, 6) is -0.181. The predicted octanol–water partition coefficient (Wildman–Crippen LogP) is 3.08. The summed E-state index contributed by atoms with van der Waals surface area (Å²) >= 11 is 3.23. The van der Waals surface area contributed by atoms with Crippen molar-refractivity contribution >= 4 is 21.6 Å². The van der Waals surface area contributed by atoms with E-state index in [1.807, 2.05) is 13.0 Å². The summed E-state index contributed by atoms with van der Waals surface area (Å²) < 4.78 is 14.2. The maximum atomic E-state index is 13.7. The number of halogens is 2. The fourth-order valence-electron chi connectivity index (χ4n) is 2.39. The van der Waals surface area contributed by atoms with Crippen molar-refractivity contribution in [2.24, 2.45) is 0 Å². The normalized spacial score (nSPS) is 20.7. The monoisotopic (exact) mass is 300 g/mol. The van der Waals surface area contributed by atoms with Gasteiger partial charge in [0.2, 0.25) is 0 Å². The van der Waals surface area contributed by atoms with E-state index in [0.29, 0.717) is 10.5 Å². The molecule has 0 bridgehead atoms. The highest BCUT2D eigenvalue weighted by Gasteiger charge is 2.22. The smallest absolute Gasteiger partial charge is 0.139 e. The lowest BCUT2D eigenvalue weighted by molar-refractivity contribution is 0.465. The molecule has 0 aromatic heterocycles. The van der Waals surface area contributed by atoms with Crippen LogP contribution in [0.2, 0.25) is 0 Å². The fourth-order valence-corrected chi connectivity index (χ4v) is 2.85. The molecule has 1 unspecified atom stereocenters. The van der Waals surface area contributed by atoms with Crippen molar-refractivity contribution in [3.05, 3.63) is 28.0 Å². The third-order valence-corrected chi connectivity index (χ3v) is 3.98. The Labute approximate surface area is 110 Å². The molecule has 0 radical (unpaired) electrons. The molecule has 1 aromatic rings. The van der Waals surface area contributed by atoms with Crippen molar-refractivity contribution < 1.29 is 4.39 Å². The van der Waals surface area contributed by atoms with Crippen LogP contribution in [0, 0.1) is 12.7 Å². The van der Waals surface area contributed by atoms with E-state index in [1.165, 1.54) is 0 Å². The van der Waals surface area contributed by atoms with Gasteiger partial charge >= 0.3 is 0 Å². The van der Waals surface area contributed by atoms with Crippen LogP contribution >= 0.6 is 15.9 Å². The fraction of sp³-hybridized carbons (Fsp3) is 0.538. The van der Waals surface area contributed by atoms with E-state index >= 15 is 0 Å². The van der Waals surface area contributed by atoms with Crippen molar-refractivity contribution in [2.75, 3.05) is 24.5 Å². The van der Waals surface area contributed by atoms with E-state index in [0.717, 1.165) is 37.3 Å². The molecule has 2 rings (SSSR count). The molecule has 1 saturated heterocycles. The highest BCUT2D eigenvalue weighted by atomic mass is 79.9. The van der Waals surface area contributed by atoms with Crippen LogP contribution in [0.5, 0.6) is 0 Å². The summed E-state index contributed by atoms with van der Waals surface area (Å²) in [5.41, 5.74) is 2.15. The zero-order valence-electron chi connectivity index (χ0n) is 10.3. The van der Waals surface area contributed by atoms with Crippen LogP contribution in [0.15, 0.2) is 16.6 Å². The molecule has 4 heteroatoms.